The van der Waals surface area contributed by atoms with Gasteiger partial charge >= 0.3 is 5.97 Å². The van der Waals surface area contributed by atoms with Crippen LogP contribution in [0.1, 0.15) is 10.4 Å². The van der Waals surface area contributed by atoms with Gasteiger partial charge in [0.25, 0.3) is 5.91 Å². The number of carbonyl (C=O) groups is 2. The van der Waals surface area contributed by atoms with Crippen molar-refractivity contribution in [1.82, 2.24) is 0 Å². The fraction of sp³-hybridized carbons (Fsp3) is 0.125. The Hall–Kier alpha value is -2.31. The molecule has 2 rings (SSSR count). The number of carbonyl (C=O) groups excluding carboxylic acids is 2. The summed E-state index contributed by atoms with van der Waals surface area (Å²) in [6, 6.07) is 8.36. The van der Waals surface area contributed by atoms with Crippen molar-refractivity contribution in [3.05, 3.63) is 57.8 Å². The van der Waals surface area contributed by atoms with E-state index in [1.54, 1.807) is 18.2 Å². The summed E-state index contributed by atoms with van der Waals surface area (Å²) < 4.78 is 23.4. The van der Waals surface area contributed by atoms with Crippen LogP contribution in [0.3, 0.4) is 0 Å². The Morgan fingerprint density at radius 1 is 1.17 bits per heavy atom. The minimum atomic E-state index is -0.976. The van der Waals surface area contributed by atoms with E-state index < -0.39 is 24.3 Å². The van der Waals surface area contributed by atoms with Gasteiger partial charge in [0, 0.05) is 6.07 Å². The van der Waals surface area contributed by atoms with Gasteiger partial charge in [-0.05, 0) is 24.3 Å². The molecule has 0 heterocycles. The molecule has 0 spiro atoms. The van der Waals surface area contributed by atoms with Gasteiger partial charge in [-0.2, -0.15) is 0 Å². The average Bonchev–Trinajstić information content (AvgIpc) is 2.56. The minimum Gasteiger partial charge on any atom is -0.497 e. The zero-order valence-corrected chi connectivity index (χ0v) is 13.9. The zero-order valence-electron chi connectivity index (χ0n) is 12.4. The van der Waals surface area contributed by atoms with Crippen LogP contribution in [0, 0.1) is 5.82 Å². The van der Waals surface area contributed by atoms with Gasteiger partial charge in [0.05, 0.1) is 28.4 Å². The van der Waals surface area contributed by atoms with Crippen molar-refractivity contribution in [2.24, 2.45) is 0 Å². The maximum Gasteiger partial charge on any atom is 0.341 e. The molecule has 0 atom stereocenters. The molecular weight excluding hydrogens is 360 g/mol. The minimum absolute atomic E-state index is 0.206. The van der Waals surface area contributed by atoms with Gasteiger partial charge in [0.2, 0.25) is 0 Å². The molecule has 0 aliphatic heterocycles. The molecule has 126 valence electrons. The number of para-hydroxylation sites is 1. The first-order valence-electron chi connectivity index (χ1n) is 6.67. The summed E-state index contributed by atoms with van der Waals surface area (Å²) in [5.74, 6) is -2.19. The van der Waals surface area contributed by atoms with Gasteiger partial charge in [-0.15, -0.1) is 0 Å². The molecule has 0 aromatic heterocycles. The SMILES string of the molecule is COc1ccc(C(=O)OCC(=O)Nc2c(Cl)cccc2Cl)c(F)c1. The van der Waals surface area contributed by atoms with Crippen molar-refractivity contribution >= 4 is 40.8 Å². The molecule has 5 nitrogen and oxygen atoms in total. The second kappa shape index (κ2) is 7.99. The highest BCUT2D eigenvalue weighted by atomic mass is 35.5. The number of hydrogen-bond donors (Lipinski definition) is 1. The maximum absolute atomic E-state index is 13.7. The van der Waals surface area contributed by atoms with Crippen molar-refractivity contribution in [3.8, 4) is 5.75 Å². The lowest BCUT2D eigenvalue weighted by Gasteiger charge is -2.10. The summed E-state index contributed by atoms with van der Waals surface area (Å²) >= 11 is 11.8. The van der Waals surface area contributed by atoms with Crippen LogP contribution < -0.4 is 10.1 Å². The number of anilines is 1. The van der Waals surface area contributed by atoms with Crippen LogP contribution in [0.4, 0.5) is 10.1 Å². The van der Waals surface area contributed by atoms with Crippen molar-refractivity contribution in [3.63, 3.8) is 0 Å². The quantitative estimate of drug-likeness (QED) is 0.808. The van der Waals surface area contributed by atoms with Gasteiger partial charge in [0.15, 0.2) is 6.61 Å². The third-order valence-electron chi connectivity index (χ3n) is 2.96. The Labute approximate surface area is 147 Å². The van der Waals surface area contributed by atoms with E-state index in [2.05, 4.69) is 5.32 Å². The number of hydrogen-bond acceptors (Lipinski definition) is 4. The molecule has 0 fully saturated rings. The second-order valence-electron chi connectivity index (χ2n) is 4.57. The lowest BCUT2D eigenvalue weighted by molar-refractivity contribution is -0.119. The number of rotatable bonds is 5. The maximum atomic E-state index is 13.7. The number of methoxy groups -OCH3 is 1. The molecule has 24 heavy (non-hydrogen) atoms. The van der Waals surface area contributed by atoms with E-state index in [0.717, 1.165) is 6.07 Å². The van der Waals surface area contributed by atoms with E-state index in [9.17, 15) is 14.0 Å². The number of halogens is 3. The first-order chi connectivity index (χ1) is 11.4. The molecule has 0 saturated carbocycles. The number of esters is 1. The zero-order chi connectivity index (χ0) is 17.7. The second-order valence-corrected chi connectivity index (χ2v) is 5.38. The fourth-order valence-electron chi connectivity index (χ4n) is 1.79. The lowest BCUT2D eigenvalue weighted by Crippen LogP contribution is -2.21. The molecule has 1 amide bonds. The molecule has 0 unspecified atom stereocenters. The van der Waals surface area contributed by atoms with Crippen LogP contribution in [-0.4, -0.2) is 25.6 Å². The Bertz CT molecular complexity index is 762. The Balaban J connectivity index is 1.98. The van der Waals surface area contributed by atoms with Crippen LogP contribution in [0.15, 0.2) is 36.4 Å². The van der Waals surface area contributed by atoms with Crippen LogP contribution >= 0.6 is 23.2 Å². The van der Waals surface area contributed by atoms with Crippen molar-refractivity contribution < 1.29 is 23.5 Å². The standard InChI is InChI=1S/C16H12Cl2FNO4/c1-23-9-5-6-10(13(19)7-9)16(22)24-8-14(21)20-15-11(17)3-2-4-12(15)18/h2-7H,8H2,1H3,(H,20,21). The third-order valence-corrected chi connectivity index (χ3v) is 3.59. The predicted molar refractivity (Wildman–Crippen MR) is 88.3 cm³/mol. The van der Waals surface area contributed by atoms with Gasteiger partial charge < -0.3 is 14.8 Å². The fourth-order valence-corrected chi connectivity index (χ4v) is 2.28. The van der Waals surface area contributed by atoms with Crippen molar-refractivity contribution in [1.29, 1.82) is 0 Å². The van der Waals surface area contributed by atoms with E-state index in [1.165, 1.54) is 19.2 Å². The van der Waals surface area contributed by atoms with E-state index in [4.69, 9.17) is 32.7 Å². The van der Waals surface area contributed by atoms with Gasteiger partial charge in [-0.3, -0.25) is 4.79 Å². The Morgan fingerprint density at radius 2 is 1.83 bits per heavy atom. The highest BCUT2D eigenvalue weighted by molar-refractivity contribution is 6.39. The van der Waals surface area contributed by atoms with Gasteiger partial charge in [-0.1, -0.05) is 29.3 Å². The summed E-state index contributed by atoms with van der Waals surface area (Å²) in [6.45, 7) is -0.619. The van der Waals surface area contributed by atoms with Crippen LogP contribution in [-0.2, 0) is 9.53 Å². The van der Waals surface area contributed by atoms with Crippen molar-refractivity contribution in [2.75, 3.05) is 19.0 Å². The Kier molecular flexibility index (Phi) is 6.00. The molecule has 1 N–H and O–H groups in total. The first kappa shape index (κ1) is 18.0. The van der Waals surface area contributed by atoms with Crippen LogP contribution in [0.2, 0.25) is 10.0 Å². The largest absolute Gasteiger partial charge is 0.497 e. The summed E-state index contributed by atoms with van der Waals surface area (Å²) in [6.07, 6.45) is 0. The normalized spacial score (nSPS) is 10.2. The van der Waals surface area contributed by atoms with Crippen LogP contribution in [0.25, 0.3) is 0 Å². The molecule has 0 bridgehead atoms. The van der Waals surface area contributed by atoms with Crippen molar-refractivity contribution in [2.45, 2.75) is 0 Å². The number of benzene rings is 2. The molecule has 8 heteroatoms. The topological polar surface area (TPSA) is 64.6 Å². The first-order valence-corrected chi connectivity index (χ1v) is 7.42. The molecule has 0 saturated heterocycles. The molecule has 0 aliphatic rings. The number of ether oxygens (including phenoxy) is 2. The summed E-state index contributed by atoms with van der Waals surface area (Å²) in [4.78, 5) is 23.6. The number of amides is 1. The monoisotopic (exact) mass is 371 g/mol. The van der Waals surface area contributed by atoms with E-state index in [1.807, 2.05) is 0 Å². The summed E-state index contributed by atoms with van der Waals surface area (Å²) in [5, 5.41) is 2.90. The molecule has 2 aromatic carbocycles. The predicted octanol–water partition coefficient (Wildman–Crippen LogP) is 3.94. The van der Waals surface area contributed by atoms with E-state index in [0.29, 0.717) is 0 Å². The average molecular weight is 372 g/mol. The lowest BCUT2D eigenvalue weighted by atomic mass is 10.2. The Morgan fingerprint density at radius 3 is 2.42 bits per heavy atom. The molecule has 0 aliphatic carbocycles. The van der Waals surface area contributed by atoms with E-state index >= 15 is 0 Å². The van der Waals surface area contributed by atoms with Gasteiger partial charge in [0.1, 0.15) is 11.6 Å². The third kappa shape index (κ3) is 4.37. The molecule has 2 aromatic rings. The number of nitrogens with one attached hydrogen (secondary N) is 1. The summed E-state index contributed by atoms with van der Waals surface area (Å²) in [7, 11) is 1.37. The molecule has 0 radical (unpaired) electrons. The molecular formula is C16H12Cl2FNO4. The highest BCUT2D eigenvalue weighted by Gasteiger charge is 2.16. The smallest absolute Gasteiger partial charge is 0.341 e. The summed E-state index contributed by atoms with van der Waals surface area (Å²) in [5.41, 5.74) is -0.100. The van der Waals surface area contributed by atoms with Gasteiger partial charge in [-0.25, -0.2) is 9.18 Å². The van der Waals surface area contributed by atoms with Crippen LogP contribution in [0.5, 0.6) is 5.75 Å². The van der Waals surface area contributed by atoms with E-state index in [-0.39, 0.29) is 27.0 Å². The highest BCUT2D eigenvalue weighted by Crippen LogP contribution is 2.29.